The molecule has 0 spiro atoms. The zero-order chi connectivity index (χ0) is 24.5. The fourth-order valence-corrected chi connectivity index (χ4v) is 3.28. The Bertz CT molecular complexity index is 1020. The molecule has 12 heteroatoms. The van der Waals surface area contributed by atoms with Gasteiger partial charge in [-0.15, -0.1) is 0 Å². The van der Waals surface area contributed by atoms with Gasteiger partial charge in [-0.25, -0.2) is 9.98 Å². The Kier molecular flexibility index (Phi) is 8.11. The lowest BCUT2D eigenvalue weighted by Crippen LogP contribution is -2.54. The van der Waals surface area contributed by atoms with Gasteiger partial charge in [0.05, 0.1) is 14.2 Å². The molecule has 0 saturated carbocycles. The number of benzene rings is 2. The smallest absolute Gasteiger partial charge is 0.223 e. The highest BCUT2D eigenvalue weighted by Crippen LogP contribution is 2.27. The summed E-state index contributed by atoms with van der Waals surface area (Å²) in [5.74, 6) is 1.79. The Morgan fingerprint density at radius 2 is 1.00 bits per heavy atom. The molecule has 0 radical (unpaired) electrons. The molecule has 1 aliphatic rings. The van der Waals surface area contributed by atoms with Crippen LogP contribution in [0, 0.1) is 0 Å². The van der Waals surface area contributed by atoms with Gasteiger partial charge in [-0.2, -0.15) is 9.98 Å². The van der Waals surface area contributed by atoms with Gasteiger partial charge in [-0.3, -0.25) is 0 Å². The zero-order valence-corrected chi connectivity index (χ0v) is 19.3. The monoisotopic (exact) mass is 466 g/mol. The Hall–Kier alpha value is -4.48. The van der Waals surface area contributed by atoms with Crippen LogP contribution in [0.1, 0.15) is 0 Å². The Morgan fingerprint density at radius 1 is 0.647 bits per heavy atom. The zero-order valence-electron chi connectivity index (χ0n) is 19.3. The van der Waals surface area contributed by atoms with E-state index in [0.29, 0.717) is 49.1 Å². The van der Waals surface area contributed by atoms with E-state index in [1.807, 2.05) is 34.1 Å². The molecule has 0 aromatic heterocycles. The van der Waals surface area contributed by atoms with Crippen molar-refractivity contribution in [2.75, 3.05) is 40.4 Å². The number of hydrogen-bond acceptors (Lipinski definition) is 4. The second-order valence-corrected chi connectivity index (χ2v) is 7.20. The third-order valence-electron chi connectivity index (χ3n) is 5.03. The van der Waals surface area contributed by atoms with E-state index >= 15 is 0 Å². The van der Waals surface area contributed by atoms with Crippen molar-refractivity contribution >= 4 is 35.2 Å². The molecule has 34 heavy (non-hydrogen) atoms. The summed E-state index contributed by atoms with van der Waals surface area (Å²) < 4.78 is 10.5. The van der Waals surface area contributed by atoms with Crippen molar-refractivity contribution in [1.29, 1.82) is 0 Å². The number of guanidine groups is 4. The number of nitrogens with two attached hydrogens (primary N) is 4. The van der Waals surface area contributed by atoms with Crippen molar-refractivity contribution in [3.63, 3.8) is 0 Å². The molecule has 180 valence electrons. The van der Waals surface area contributed by atoms with Gasteiger partial charge in [-0.05, 0) is 24.3 Å². The Labute approximate surface area is 198 Å². The molecule has 1 heterocycles. The molecule has 3 rings (SSSR count). The number of para-hydroxylation sites is 4. The molecular weight excluding hydrogens is 436 g/mol. The second-order valence-electron chi connectivity index (χ2n) is 7.20. The van der Waals surface area contributed by atoms with E-state index in [9.17, 15) is 0 Å². The highest BCUT2D eigenvalue weighted by molar-refractivity contribution is 5.96. The maximum atomic E-state index is 6.14. The second kappa shape index (κ2) is 11.4. The highest BCUT2D eigenvalue weighted by Gasteiger charge is 2.20. The van der Waals surface area contributed by atoms with E-state index in [0.717, 1.165) is 0 Å². The molecule has 2 aromatic carbocycles. The highest BCUT2D eigenvalue weighted by atomic mass is 16.5. The molecule has 0 atom stereocenters. The van der Waals surface area contributed by atoms with Crippen molar-refractivity contribution < 1.29 is 9.47 Å². The maximum absolute atomic E-state index is 6.14. The summed E-state index contributed by atoms with van der Waals surface area (Å²) in [4.78, 5) is 20.8. The van der Waals surface area contributed by atoms with Gasteiger partial charge in [-0.1, -0.05) is 24.3 Å². The number of rotatable bonds is 4. The van der Waals surface area contributed by atoms with E-state index < -0.39 is 0 Å². The summed E-state index contributed by atoms with van der Waals surface area (Å²) in [5, 5.41) is 0. The lowest BCUT2D eigenvalue weighted by molar-refractivity contribution is 0.255. The van der Waals surface area contributed by atoms with Gasteiger partial charge in [0.2, 0.25) is 11.9 Å². The van der Waals surface area contributed by atoms with Crippen molar-refractivity contribution in [2.24, 2.45) is 42.9 Å². The van der Waals surface area contributed by atoms with Crippen LogP contribution in [0.4, 0.5) is 11.4 Å². The van der Waals surface area contributed by atoms with E-state index in [4.69, 9.17) is 32.4 Å². The standard InChI is InChI=1S/C22H30N10O2/c1-33-17-9-5-3-7-15(17)27-19(23)29-21(25)31-11-13-32(14-12-31)22(26)30-20(24)28-16-8-4-6-10-18(16)34-2/h3-10H,11-14H2,1-2H3,(H4,23,25,27,29)(H4,24,26,28,30). The minimum absolute atomic E-state index is 0.0332. The third-order valence-corrected chi connectivity index (χ3v) is 5.03. The summed E-state index contributed by atoms with van der Waals surface area (Å²) in [6, 6.07) is 14.5. The van der Waals surface area contributed by atoms with Gasteiger partial charge < -0.3 is 42.2 Å². The molecule has 0 bridgehead atoms. The Balaban J connectivity index is 1.61. The fourth-order valence-electron chi connectivity index (χ4n) is 3.28. The van der Waals surface area contributed by atoms with Crippen LogP contribution in [0.25, 0.3) is 0 Å². The minimum Gasteiger partial charge on any atom is -0.494 e. The first-order valence-electron chi connectivity index (χ1n) is 10.5. The average molecular weight is 467 g/mol. The van der Waals surface area contributed by atoms with Crippen LogP contribution in [0.3, 0.4) is 0 Å². The van der Waals surface area contributed by atoms with Crippen molar-refractivity contribution in [1.82, 2.24) is 9.80 Å². The molecule has 0 aliphatic carbocycles. The molecule has 1 aliphatic heterocycles. The quantitative estimate of drug-likeness (QED) is 0.372. The van der Waals surface area contributed by atoms with Crippen molar-refractivity contribution in [3.8, 4) is 11.5 Å². The number of piperazine rings is 1. The summed E-state index contributed by atoms with van der Waals surface area (Å²) in [5.41, 5.74) is 25.4. The van der Waals surface area contributed by atoms with Crippen LogP contribution in [0.2, 0.25) is 0 Å². The molecule has 0 amide bonds. The van der Waals surface area contributed by atoms with Crippen LogP contribution >= 0.6 is 0 Å². The maximum Gasteiger partial charge on any atom is 0.223 e. The van der Waals surface area contributed by atoms with E-state index in [-0.39, 0.29) is 23.8 Å². The normalized spacial score (nSPS) is 15.9. The molecule has 0 unspecified atom stereocenters. The summed E-state index contributed by atoms with van der Waals surface area (Å²) in [6.07, 6.45) is 0. The van der Waals surface area contributed by atoms with Crippen molar-refractivity contribution in [3.05, 3.63) is 48.5 Å². The predicted octanol–water partition coefficient (Wildman–Crippen LogP) is 0.543. The number of methoxy groups -OCH3 is 2. The van der Waals surface area contributed by atoms with Gasteiger partial charge in [0, 0.05) is 26.2 Å². The van der Waals surface area contributed by atoms with Crippen LogP contribution in [0.15, 0.2) is 68.5 Å². The predicted molar refractivity (Wildman–Crippen MR) is 135 cm³/mol. The van der Waals surface area contributed by atoms with Crippen LogP contribution in [0.5, 0.6) is 11.5 Å². The first-order chi connectivity index (χ1) is 16.4. The van der Waals surface area contributed by atoms with E-state index in [1.165, 1.54) is 0 Å². The molecule has 1 saturated heterocycles. The first kappa shape index (κ1) is 24.2. The topological polar surface area (TPSA) is 178 Å². The van der Waals surface area contributed by atoms with Gasteiger partial charge in [0.15, 0.2) is 11.9 Å². The molecule has 2 aromatic rings. The largest absolute Gasteiger partial charge is 0.494 e. The minimum atomic E-state index is 0.0332. The number of hydrogen-bond donors (Lipinski definition) is 4. The van der Waals surface area contributed by atoms with E-state index in [1.54, 1.807) is 38.5 Å². The number of nitrogens with zero attached hydrogens (tertiary/aromatic N) is 6. The summed E-state index contributed by atoms with van der Waals surface area (Å²) >= 11 is 0. The van der Waals surface area contributed by atoms with Gasteiger partial charge in [0.1, 0.15) is 22.9 Å². The number of aliphatic imine (C=N–C) groups is 4. The van der Waals surface area contributed by atoms with Gasteiger partial charge >= 0.3 is 0 Å². The fraction of sp³-hybridized carbons (Fsp3) is 0.273. The van der Waals surface area contributed by atoms with Crippen LogP contribution in [-0.4, -0.2) is 74.0 Å². The molecule has 1 fully saturated rings. The Morgan fingerprint density at radius 3 is 1.35 bits per heavy atom. The summed E-state index contributed by atoms with van der Waals surface area (Å²) in [7, 11) is 3.13. The van der Waals surface area contributed by atoms with Crippen LogP contribution < -0.4 is 32.4 Å². The average Bonchev–Trinajstić information content (AvgIpc) is 2.84. The summed E-state index contributed by atoms with van der Waals surface area (Å²) in [6.45, 7) is 2.27. The third kappa shape index (κ3) is 6.28. The van der Waals surface area contributed by atoms with Crippen molar-refractivity contribution in [2.45, 2.75) is 0 Å². The number of ether oxygens (including phenoxy) is 2. The first-order valence-corrected chi connectivity index (χ1v) is 10.5. The lowest BCUT2D eigenvalue weighted by Gasteiger charge is -2.35. The van der Waals surface area contributed by atoms with Crippen LogP contribution in [-0.2, 0) is 0 Å². The molecule has 8 N–H and O–H groups in total. The van der Waals surface area contributed by atoms with E-state index in [2.05, 4.69) is 20.0 Å². The SMILES string of the molecule is COc1ccccc1N=C(N)N=C(N)N1CCN(C(N)=NC(N)=Nc2ccccc2OC)CC1. The lowest BCUT2D eigenvalue weighted by atomic mass is 10.3. The molecular formula is C22H30N10O2. The molecule has 12 nitrogen and oxygen atoms in total. The van der Waals surface area contributed by atoms with Gasteiger partial charge in [0.25, 0.3) is 0 Å².